The third-order valence-corrected chi connectivity index (χ3v) is 4.37. The van der Waals surface area contributed by atoms with Gasteiger partial charge in [-0.15, -0.1) is 0 Å². The molecule has 0 radical (unpaired) electrons. The number of fused-ring (bicyclic) bond motifs is 1. The van der Waals surface area contributed by atoms with E-state index in [1.165, 1.54) is 5.56 Å². The molecule has 0 spiro atoms. The minimum absolute atomic E-state index is 0.444. The Morgan fingerprint density at radius 1 is 1.33 bits per heavy atom. The maximum Gasteiger partial charge on any atom is 0.127 e. The predicted molar refractivity (Wildman–Crippen MR) is 91.6 cm³/mol. The Morgan fingerprint density at radius 2 is 2.25 bits per heavy atom. The molecule has 2 atom stereocenters. The second-order valence-electron chi connectivity index (χ2n) is 6.22. The fourth-order valence-electron chi connectivity index (χ4n) is 2.99. The van der Waals surface area contributed by atoms with Crippen molar-refractivity contribution in [3.63, 3.8) is 0 Å². The molecule has 0 N–H and O–H groups in total. The minimum Gasteiger partial charge on any atom is -0.491 e. The molecule has 0 amide bonds. The van der Waals surface area contributed by atoms with Gasteiger partial charge in [0.05, 0.1) is 23.9 Å². The molecule has 3 aromatic rings. The third-order valence-electron chi connectivity index (χ3n) is 4.37. The lowest BCUT2D eigenvalue weighted by Gasteiger charge is -2.09. The molecule has 0 saturated carbocycles. The SMILES string of the molecule is Cn1cc(CN2CC2COc2cccc3ccc(C#N)cc23)cn1. The first-order valence-corrected chi connectivity index (χ1v) is 8.00. The molecule has 1 aliphatic heterocycles. The number of aryl methyl sites for hydroxylation is 1. The summed E-state index contributed by atoms with van der Waals surface area (Å²) in [6.45, 7) is 2.62. The van der Waals surface area contributed by atoms with Crippen LogP contribution in [0.3, 0.4) is 0 Å². The first-order valence-electron chi connectivity index (χ1n) is 8.00. The molecule has 2 aromatic carbocycles. The Labute approximate surface area is 140 Å². The summed E-state index contributed by atoms with van der Waals surface area (Å²) < 4.78 is 7.87. The fraction of sp³-hybridized carbons (Fsp3) is 0.263. The summed E-state index contributed by atoms with van der Waals surface area (Å²) in [7, 11) is 1.93. The predicted octanol–water partition coefficient (Wildman–Crippen LogP) is 2.71. The Balaban J connectivity index is 1.42. The summed E-state index contributed by atoms with van der Waals surface area (Å²) in [5.74, 6) is 0.845. The Kier molecular flexibility index (Phi) is 3.68. The number of nitrogens with zero attached hydrogens (tertiary/aromatic N) is 4. The van der Waals surface area contributed by atoms with Gasteiger partial charge in [-0.2, -0.15) is 10.4 Å². The molecule has 0 bridgehead atoms. The second-order valence-corrected chi connectivity index (χ2v) is 6.22. The van der Waals surface area contributed by atoms with Crippen molar-refractivity contribution in [3.05, 3.63) is 59.9 Å². The van der Waals surface area contributed by atoms with Crippen LogP contribution in [0.15, 0.2) is 48.8 Å². The van der Waals surface area contributed by atoms with Crippen LogP contribution in [0.2, 0.25) is 0 Å². The molecule has 1 saturated heterocycles. The van der Waals surface area contributed by atoms with E-state index in [0.717, 1.165) is 29.6 Å². The van der Waals surface area contributed by atoms with E-state index in [1.54, 1.807) is 0 Å². The second kappa shape index (κ2) is 5.99. The lowest BCUT2D eigenvalue weighted by atomic mass is 10.1. The molecule has 1 fully saturated rings. The van der Waals surface area contributed by atoms with Crippen LogP contribution in [-0.4, -0.2) is 33.9 Å². The van der Waals surface area contributed by atoms with Gasteiger partial charge in [-0.25, -0.2) is 0 Å². The summed E-state index contributed by atoms with van der Waals surface area (Å²) in [6.07, 6.45) is 3.95. The number of hydrogen-bond donors (Lipinski definition) is 0. The van der Waals surface area contributed by atoms with Crippen LogP contribution in [0.4, 0.5) is 0 Å². The van der Waals surface area contributed by atoms with E-state index in [-0.39, 0.29) is 0 Å². The maximum absolute atomic E-state index is 9.09. The molecule has 120 valence electrons. The smallest absolute Gasteiger partial charge is 0.127 e. The van der Waals surface area contributed by atoms with Crippen LogP contribution >= 0.6 is 0 Å². The van der Waals surface area contributed by atoms with Crippen LogP contribution in [0.5, 0.6) is 5.75 Å². The summed E-state index contributed by atoms with van der Waals surface area (Å²) >= 11 is 0. The monoisotopic (exact) mass is 318 g/mol. The quantitative estimate of drug-likeness (QED) is 0.679. The molecule has 1 aromatic heterocycles. The lowest BCUT2D eigenvalue weighted by Crippen LogP contribution is -2.10. The Morgan fingerprint density at radius 3 is 3.04 bits per heavy atom. The number of nitriles is 1. The molecular weight excluding hydrogens is 300 g/mol. The van der Waals surface area contributed by atoms with E-state index in [9.17, 15) is 0 Å². The van der Waals surface area contributed by atoms with E-state index in [4.69, 9.17) is 10.00 Å². The molecule has 4 rings (SSSR count). The van der Waals surface area contributed by atoms with Gasteiger partial charge < -0.3 is 4.74 Å². The third kappa shape index (κ3) is 2.97. The van der Waals surface area contributed by atoms with E-state index in [0.29, 0.717) is 18.2 Å². The average Bonchev–Trinajstić information content (AvgIpc) is 3.21. The first kappa shape index (κ1) is 14.7. The summed E-state index contributed by atoms with van der Waals surface area (Å²) in [5, 5.41) is 15.4. The zero-order valence-corrected chi connectivity index (χ0v) is 13.5. The Hall–Kier alpha value is -2.84. The van der Waals surface area contributed by atoms with Crippen molar-refractivity contribution in [2.75, 3.05) is 13.2 Å². The van der Waals surface area contributed by atoms with Gasteiger partial charge in [-0.05, 0) is 23.6 Å². The normalized spacial score (nSPS) is 19.2. The van der Waals surface area contributed by atoms with Gasteiger partial charge in [0.25, 0.3) is 0 Å². The molecule has 0 aliphatic carbocycles. The number of aromatic nitrogens is 2. The molecule has 24 heavy (non-hydrogen) atoms. The summed E-state index contributed by atoms with van der Waals surface area (Å²) in [6, 6.07) is 14.3. The number of benzene rings is 2. The standard InChI is InChI=1S/C19H18N4O/c1-22-10-15(9-21-22)11-23-12-17(23)13-24-19-4-2-3-16-6-5-14(8-20)7-18(16)19/h2-7,9-10,17H,11-13H2,1H3. The van der Waals surface area contributed by atoms with Crippen molar-refractivity contribution in [2.45, 2.75) is 12.6 Å². The molecule has 2 unspecified atom stereocenters. The molecule has 2 heterocycles. The topological polar surface area (TPSA) is 53.9 Å². The van der Waals surface area contributed by atoms with Crippen LogP contribution in [0.1, 0.15) is 11.1 Å². The summed E-state index contributed by atoms with van der Waals surface area (Å²) in [5.41, 5.74) is 1.88. The van der Waals surface area contributed by atoms with Crippen molar-refractivity contribution in [3.8, 4) is 11.8 Å². The average molecular weight is 318 g/mol. The highest BCUT2D eigenvalue weighted by Crippen LogP contribution is 2.28. The van der Waals surface area contributed by atoms with Gasteiger partial charge in [-0.1, -0.05) is 18.2 Å². The fourth-order valence-corrected chi connectivity index (χ4v) is 2.99. The van der Waals surface area contributed by atoms with Gasteiger partial charge in [0.15, 0.2) is 0 Å². The zero-order valence-electron chi connectivity index (χ0n) is 13.5. The van der Waals surface area contributed by atoms with Crippen LogP contribution in [-0.2, 0) is 13.6 Å². The van der Waals surface area contributed by atoms with Crippen LogP contribution < -0.4 is 4.74 Å². The lowest BCUT2D eigenvalue weighted by molar-refractivity contribution is 0.296. The molecule has 1 aliphatic rings. The first-order chi connectivity index (χ1) is 11.7. The van der Waals surface area contributed by atoms with Gasteiger partial charge >= 0.3 is 0 Å². The van der Waals surface area contributed by atoms with Crippen molar-refractivity contribution < 1.29 is 4.74 Å². The van der Waals surface area contributed by atoms with Crippen molar-refractivity contribution in [1.29, 1.82) is 5.26 Å². The molecule has 5 nitrogen and oxygen atoms in total. The van der Waals surface area contributed by atoms with Gasteiger partial charge in [0, 0.05) is 37.3 Å². The largest absolute Gasteiger partial charge is 0.491 e. The van der Waals surface area contributed by atoms with E-state index >= 15 is 0 Å². The number of rotatable bonds is 5. The van der Waals surface area contributed by atoms with Gasteiger partial charge in [0.1, 0.15) is 12.4 Å². The van der Waals surface area contributed by atoms with E-state index in [1.807, 2.05) is 60.5 Å². The molecular formula is C19H18N4O. The highest BCUT2D eigenvalue weighted by molar-refractivity contribution is 5.89. The van der Waals surface area contributed by atoms with Crippen molar-refractivity contribution in [1.82, 2.24) is 14.7 Å². The minimum atomic E-state index is 0.444. The van der Waals surface area contributed by atoms with Gasteiger partial charge in [-0.3, -0.25) is 9.58 Å². The number of hydrogen-bond acceptors (Lipinski definition) is 4. The van der Waals surface area contributed by atoms with Gasteiger partial charge in [0.2, 0.25) is 0 Å². The zero-order chi connectivity index (χ0) is 16.5. The van der Waals surface area contributed by atoms with Crippen molar-refractivity contribution >= 4 is 10.8 Å². The summed E-state index contributed by atoms with van der Waals surface area (Å²) in [4.78, 5) is 2.36. The van der Waals surface area contributed by atoms with Crippen LogP contribution in [0.25, 0.3) is 10.8 Å². The maximum atomic E-state index is 9.09. The number of ether oxygens (including phenoxy) is 1. The van der Waals surface area contributed by atoms with Crippen molar-refractivity contribution in [2.24, 2.45) is 7.05 Å². The van der Waals surface area contributed by atoms with E-state index in [2.05, 4.69) is 16.1 Å². The highest BCUT2D eigenvalue weighted by Gasteiger charge is 2.34. The molecule has 5 heteroatoms. The highest BCUT2D eigenvalue weighted by atomic mass is 16.5. The Bertz CT molecular complexity index is 925. The van der Waals surface area contributed by atoms with Crippen LogP contribution in [0, 0.1) is 11.3 Å². The van der Waals surface area contributed by atoms with E-state index < -0.39 is 0 Å².